The van der Waals surface area contributed by atoms with Crippen LogP contribution in [0.4, 0.5) is 4.79 Å². The number of carbonyl (C=O) groups excluding carboxylic acids is 3. The van der Waals surface area contributed by atoms with Crippen LogP contribution < -0.4 is 20.7 Å². The number of imide groups is 1. The third kappa shape index (κ3) is 3.75. The Morgan fingerprint density at radius 3 is 2.73 bits per heavy atom. The van der Waals surface area contributed by atoms with Gasteiger partial charge in [0.25, 0.3) is 5.91 Å². The van der Waals surface area contributed by atoms with E-state index in [-0.39, 0.29) is 24.8 Å². The second kappa shape index (κ2) is 6.93. The third-order valence-corrected chi connectivity index (χ3v) is 3.50. The van der Waals surface area contributed by atoms with Gasteiger partial charge in [-0.15, -0.1) is 0 Å². The molecule has 3 N–H and O–H groups in total. The number of nitrogens with one attached hydrogen (secondary N) is 3. The Morgan fingerprint density at radius 2 is 2.09 bits per heavy atom. The van der Waals surface area contributed by atoms with Gasteiger partial charge in [0.15, 0.2) is 0 Å². The summed E-state index contributed by atoms with van der Waals surface area (Å²) in [5, 5.41) is 7.46. The van der Waals surface area contributed by atoms with Gasteiger partial charge in [-0.3, -0.25) is 14.9 Å². The average Bonchev–Trinajstić information content (AvgIpc) is 2.82. The fraction of sp³-hybridized carbons (Fsp3) is 0.400. The van der Waals surface area contributed by atoms with Gasteiger partial charge < -0.3 is 15.4 Å². The Morgan fingerprint density at radius 1 is 1.36 bits per heavy atom. The van der Waals surface area contributed by atoms with Crippen LogP contribution in [0.5, 0.6) is 5.75 Å². The molecular weight excluding hydrogens is 286 g/mol. The Kier molecular flexibility index (Phi) is 4.98. The van der Waals surface area contributed by atoms with E-state index >= 15 is 0 Å². The SMILES string of the molecule is COc1ccccc1[C@@H](C)NC(=O)CC[C@H]1NC(=O)NC1=O. The summed E-state index contributed by atoms with van der Waals surface area (Å²) in [5.74, 6) is 0.126. The van der Waals surface area contributed by atoms with E-state index in [1.807, 2.05) is 31.2 Å². The molecule has 118 valence electrons. The zero-order valence-corrected chi connectivity index (χ0v) is 12.5. The van der Waals surface area contributed by atoms with Gasteiger partial charge >= 0.3 is 6.03 Å². The summed E-state index contributed by atoms with van der Waals surface area (Å²) in [7, 11) is 1.58. The molecule has 1 heterocycles. The number of hydrogen-bond donors (Lipinski definition) is 3. The second-order valence-electron chi connectivity index (χ2n) is 5.09. The van der Waals surface area contributed by atoms with Gasteiger partial charge in [0.1, 0.15) is 11.8 Å². The number of hydrogen-bond acceptors (Lipinski definition) is 4. The molecule has 0 bridgehead atoms. The van der Waals surface area contributed by atoms with Crippen molar-refractivity contribution in [3.05, 3.63) is 29.8 Å². The molecule has 0 radical (unpaired) electrons. The van der Waals surface area contributed by atoms with Crippen molar-refractivity contribution in [1.29, 1.82) is 0 Å². The van der Waals surface area contributed by atoms with E-state index in [9.17, 15) is 14.4 Å². The van der Waals surface area contributed by atoms with Crippen molar-refractivity contribution in [2.24, 2.45) is 0 Å². The number of benzene rings is 1. The number of para-hydroxylation sites is 1. The number of rotatable bonds is 6. The molecule has 0 unspecified atom stereocenters. The lowest BCUT2D eigenvalue weighted by Gasteiger charge is -2.17. The predicted octanol–water partition coefficient (Wildman–Crippen LogP) is 0.861. The maximum Gasteiger partial charge on any atom is 0.322 e. The summed E-state index contributed by atoms with van der Waals surface area (Å²) in [5.41, 5.74) is 0.880. The zero-order chi connectivity index (χ0) is 16.1. The van der Waals surface area contributed by atoms with E-state index in [1.165, 1.54) is 0 Å². The summed E-state index contributed by atoms with van der Waals surface area (Å²) in [6.07, 6.45) is 0.417. The van der Waals surface area contributed by atoms with Gasteiger partial charge in [-0.2, -0.15) is 0 Å². The molecule has 0 saturated carbocycles. The number of urea groups is 1. The molecule has 1 aliphatic heterocycles. The Hall–Kier alpha value is -2.57. The van der Waals surface area contributed by atoms with Gasteiger partial charge in [0, 0.05) is 12.0 Å². The molecule has 1 aromatic carbocycles. The molecule has 7 nitrogen and oxygen atoms in total. The lowest BCUT2D eigenvalue weighted by Crippen LogP contribution is -2.32. The first kappa shape index (κ1) is 15.8. The minimum Gasteiger partial charge on any atom is -0.496 e. The molecular formula is C15H19N3O4. The average molecular weight is 305 g/mol. The lowest BCUT2D eigenvalue weighted by atomic mass is 10.1. The van der Waals surface area contributed by atoms with E-state index in [2.05, 4.69) is 16.0 Å². The summed E-state index contributed by atoms with van der Waals surface area (Å²) in [6, 6.07) is 6.08. The van der Waals surface area contributed by atoms with E-state index in [0.717, 1.165) is 5.56 Å². The Labute approximate surface area is 128 Å². The molecule has 1 fully saturated rings. The van der Waals surface area contributed by atoms with E-state index in [0.29, 0.717) is 5.75 Å². The lowest BCUT2D eigenvalue weighted by molar-refractivity contribution is -0.122. The van der Waals surface area contributed by atoms with E-state index in [1.54, 1.807) is 7.11 Å². The molecule has 1 aromatic rings. The topological polar surface area (TPSA) is 96.5 Å². The van der Waals surface area contributed by atoms with Crippen LogP contribution in [0.15, 0.2) is 24.3 Å². The maximum absolute atomic E-state index is 12.0. The van der Waals surface area contributed by atoms with Crippen LogP contribution in [0.3, 0.4) is 0 Å². The van der Waals surface area contributed by atoms with Crippen LogP contribution in [-0.2, 0) is 9.59 Å². The zero-order valence-electron chi connectivity index (χ0n) is 12.5. The van der Waals surface area contributed by atoms with Gasteiger partial charge in [-0.05, 0) is 19.4 Å². The highest BCUT2D eigenvalue weighted by Crippen LogP contribution is 2.24. The van der Waals surface area contributed by atoms with Crippen molar-refractivity contribution >= 4 is 17.8 Å². The largest absolute Gasteiger partial charge is 0.496 e. The van der Waals surface area contributed by atoms with Gasteiger partial charge in [-0.1, -0.05) is 18.2 Å². The minimum absolute atomic E-state index is 0.151. The summed E-state index contributed by atoms with van der Waals surface area (Å²) < 4.78 is 5.26. The first-order valence-corrected chi connectivity index (χ1v) is 7.05. The highest BCUT2D eigenvalue weighted by molar-refractivity contribution is 6.04. The molecule has 4 amide bonds. The van der Waals surface area contributed by atoms with Crippen molar-refractivity contribution in [3.8, 4) is 5.75 Å². The van der Waals surface area contributed by atoms with Crippen LogP contribution >= 0.6 is 0 Å². The summed E-state index contributed by atoms with van der Waals surface area (Å²) in [6.45, 7) is 1.86. The predicted molar refractivity (Wildman–Crippen MR) is 79.2 cm³/mol. The van der Waals surface area contributed by atoms with Crippen LogP contribution in [0.25, 0.3) is 0 Å². The first-order chi connectivity index (χ1) is 10.5. The molecule has 7 heteroatoms. The van der Waals surface area contributed by atoms with Crippen LogP contribution in [0.2, 0.25) is 0 Å². The number of carbonyl (C=O) groups is 3. The smallest absolute Gasteiger partial charge is 0.322 e. The van der Waals surface area contributed by atoms with Gasteiger partial charge in [0.2, 0.25) is 5.91 Å². The van der Waals surface area contributed by atoms with Crippen molar-refractivity contribution in [3.63, 3.8) is 0 Å². The van der Waals surface area contributed by atoms with Gasteiger partial charge in [0.05, 0.1) is 13.2 Å². The Bertz CT molecular complexity index is 588. The molecule has 2 atom stereocenters. The van der Waals surface area contributed by atoms with E-state index in [4.69, 9.17) is 4.74 Å². The summed E-state index contributed by atoms with van der Waals surface area (Å²) >= 11 is 0. The van der Waals surface area contributed by atoms with Gasteiger partial charge in [-0.25, -0.2) is 4.79 Å². The van der Waals surface area contributed by atoms with Crippen LogP contribution in [-0.4, -0.2) is 31.0 Å². The standard InChI is InChI=1S/C15H19N3O4/c1-9(10-5-3-4-6-12(10)22-2)16-13(19)8-7-11-14(20)18-15(21)17-11/h3-6,9,11H,7-8H2,1-2H3,(H,16,19)(H2,17,18,20,21)/t9-,11-/m1/s1. The molecule has 0 spiro atoms. The summed E-state index contributed by atoms with van der Waals surface area (Å²) in [4.78, 5) is 34.3. The number of methoxy groups -OCH3 is 1. The molecule has 2 rings (SSSR count). The maximum atomic E-state index is 12.0. The van der Waals surface area contributed by atoms with Crippen LogP contribution in [0.1, 0.15) is 31.4 Å². The number of ether oxygens (including phenoxy) is 1. The van der Waals surface area contributed by atoms with Crippen molar-refractivity contribution in [2.45, 2.75) is 31.8 Å². The quantitative estimate of drug-likeness (QED) is 0.679. The molecule has 1 aliphatic rings. The highest BCUT2D eigenvalue weighted by Gasteiger charge is 2.29. The van der Waals surface area contributed by atoms with Crippen molar-refractivity contribution < 1.29 is 19.1 Å². The van der Waals surface area contributed by atoms with Crippen molar-refractivity contribution in [1.82, 2.24) is 16.0 Å². The fourth-order valence-electron chi connectivity index (χ4n) is 2.35. The molecule has 0 aliphatic carbocycles. The molecule has 0 aromatic heterocycles. The molecule has 22 heavy (non-hydrogen) atoms. The Balaban J connectivity index is 1.86. The van der Waals surface area contributed by atoms with Crippen molar-refractivity contribution in [2.75, 3.05) is 7.11 Å². The van der Waals surface area contributed by atoms with Crippen LogP contribution in [0, 0.1) is 0 Å². The van der Waals surface area contributed by atoms with E-state index < -0.39 is 18.0 Å². The number of amides is 4. The first-order valence-electron chi connectivity index (χ1n) is 7.05. The normalized spacial score (nSPS) is 18.4. The minimum atomic E-state index is -0.639. The second-order valence-corrected chi connectivity index (χ2v) is 5.09. The monoisotopic (exact) mass is 305 g/mol. The molecule has 1 saturated heterocycles. The third-order valence-electron chi connectivity index (χ3n) is 3.50. The fourth-order valence-corrected chi connectivity index (χ4v) is 2.35. The highest BCUT2D eigenvalue weighted by atomic mass is 16.5.